The standard InChI is InChI=1S/C8H12N2O/c1-6(2)7-4-9-8(11)10(3)5-7/h4-6H,1-3H3. The zero-order valence-corrected chi connectivity index (χ0v) is 7.03. The van der Waals surface area contributed by atoms with Crippen LogP contribution in [-0.4, -0.2) is 9.55 Å². The molecular weight excluding hydrogens is 140 g/mol. The minimum Gasteiger partial charge on any atom is -0.302 e. The minimum atomic E-state index is -0.200. The molecule has 0 aliphatic heterocycles. The van der Waals surface area contributed by atoms with Gasteiger partial charge in [0.1, 0.15) is 0 Å². The maximum Gasteiger partial charge on any atom is 0.347 e. The van der Waals surface area contributed by atoms with Gasteiger partial charge in [-0.05, 0) is 11.5 Å². The molecule has 0 bridgehead atoms. The van der Waals surface area contributed by atoms with Crippen molar-refractivity contribution in [3.8, 4) is 0 Å². The first-order chi connectivity index (χ1) is 5.11. The van der Waals surface area contributed by atoms with Crippen LogP contribution in [0.15, 0.2) is 17.2 Å². The highest BCUT2D eigenvalue weighted by atomic mass is 16.1. The second kappa shape index (κ2) is 2.86. The Labute approximate surface area is 65.7 Å². The molecule has 11 heavy (non-hydrogen) atoms. The molecule has 0 amide bonds. The Balaban J connectivity index is 3.15. The molecule has 1 aromatic rings. The summed E-state index contributed by atoms with van der Waals surface area (Å²) in [4.78, 5) is 14.6. The number of hydrogen-bond acceptors (Lipinski definition) is 2. The van der Waals surface area contributed by atoms with E-state index in [0.717, 1.165) is 5.56 Å². The smallest absolute Gasteiger partial charge is 0.302 e. The Morgan fingerprint density at radius 1 is 1.55 bits per heavy atom. The fraction of sp³-hybridized carbons (Fsp3) is 0.500. The van der Waals surface area contributed by atoms with Crippen LogP contribution in [0.2, 0.25) is 0 Å². The lowest BCUT2D eigenvalue weighted by atomic mass is 10.1. The van der Waals surface area contributed by atoms with Gasteiger partial charge in [-0.1, -0.05) is 13.8 Å². The summed E-state index contributed by atoms with van der Waals surface area (Å²) in [5.41, 5.74) is 0.890. The fourth-order valence-electron chi connectivity index (χ4n) is 0.831. The van der Waals surface area contributed by atoms with E-state index in [-0.39, 0.29) is 5.69 Å². The summed E-state index contributed by atoms with van der Waals surface area (Å²) in [6.45, 7) is 4.14. The van der Waals surface area contributed by atoms with Crippen molar-refractivity contribution in [1.29, 1.82) is 0 Å². The SMILES string of the molecule is CC(C)c1cnc(=O)n(C)c1. The van der Waals surface area contributed by atoms with Gasteiger partial charge in [0.15, 0.2) is 0 Å². The molecule has 0 aliphatic rings. The van der Waals surface area contributed by atoms with Gasteiger partial charge in [-0.2, -0.15) is 0 Å². The average molecular weight is 152 g/mol. The lowest BCUT2D eigenvalue weighted by molar-refractivity contribution is 0.757. The third kappa shape index (κ3) is 1.67. The summed E-state index contributed by atoms with van der Waals surface area (Å²) >= 11 is 0. The van der Waals surface area contributed by atoms with Crippen molar-refractivity contribution in [2.24, 2.45) is 7.05 Å². The van der Waals surface area contributed by atoms with Crippen LogP contribution in [-0.2, 0) is 7.05 Å². The van der Waals surface area contributed by atoms with Gasteiger partial charge in [0, 0.05) is 19.4 Å². The maximum absolute atomic E-state index is 10.8. The highest BCUT2D eigenvalue weighted by molar-refractivity contribution is 5.08. The molecule has 1 heterocycles. The zero-order chi connectivity index (χ0) is 8.43. The molecule has 3 nitrogen and oxygen atoms in total. The Kier molecular flexibility index (Phi) is 2.08. The normalized spacial score (nSPS) is 10.5. The molecule has 0 N–H and O–H groups in total. The van der Waals surface area contributed by atoms with Crippen LogP contribution in [0.1, 0.15) is 25.3 Å². The monoisotopic (exact) mass is 152 g/mol. The Hall–Kier alpha value is -1.12. The van der Waals surface area contributed by atoms with Gasteiger partial charge >= 0.3 is 5.69 Å². The number of aromatic nitrogens is 2. The molecule has 0 saturated heterocycles. The molecule has 1 aromatic heterocycles. The Morgan fingerprint density at radius 3 is 2.64 bits per heavy atom. The first-order valence-electron chi connectivity index (χ1n) is 3.64. The van der Waals surface area contributed by atoms with Crippen molar-refractivity contribution in [2.75, 3.05) is 0 Å². The zero-order valence-electron chi connectivity index (χ0n) is 7.03. The number of aryl methyl sites for hydroxylation is 1. The minimum absolute atomic E-state index is 0.200. The first kappa shape index (κ1) is 7.98. The van der Waals surface area contributed by atoms with Crippen molar-refractivity contribution in [2.45, 2.75) is 19.8 Å². The van der Waals surface area contributed by atoms with Crippen LogP contribution in [0, 0.1) is 0 Å². The van der Waals surface area contributed by atoms with E-state index in [0.29, 0.717) is 5.92 Å². The first-order valence-corrected chi connectivity index (χ1v) is 3.64. The van der Waals surface area contributed by atoms with Gasteiger partial charge in [-0.25, -0.2) is 9.78 Å². The van der Waals surface area contributed by atoms with E-state index in [1.165, 1.54) is 4.57 Å². The number of rotatable bonds is 1. The lowest BCUT2D eigenvalue weighted by Gasteiger charge is -2.04. The van der Waals surface area contributed by atoms with E-state index in [9.17, 15) is 4.79 Å². The quantitative estimate of drug-likeness (QED) is 0.599. The summed E-state index contributed by atoms with van der Waals surface area (Å²) in [6, 6.07) is 0. The average Bonchev–Trinajstić information content (AvgIpc) is 1.94. The van der Waals surface area contributed by atoms with Gasteiger partial charge < -0.3 is 4.57 Å². The molecule has 0 spiro atoms. The van der Waals surface area contributed by atoms with Crippen LogP contribution in [0.5, 0.6) is 0 Å². The van der Waals surface area contributed by atoms with E-state index < -0.39 is 0 Å². The molecular formula is C8H12N2O. The highest BCUT2D eigenvalue weighted by Gasteiger charge is 1.99. The van der Waals surface area contributed by atoms with Crippen molar-refractivity contribution >= 4 is 0 Å². The second-order valence-electron chi connectivity index (χ2n) is 2.94. The van der Waals surface area contributed by atoms with Gasteiger partial charge in [0.2, 0.25) is 0 Å². The third-order valence-corrected chi connectivity index (χ3v) is 1.64. The lowest BCUT2D eigenvalue weighted by Crippen LogP contribution is -2.19. The molecule has 0 radical (unpaired) electrons. The summed E-state index contributed by atoms with van der Waals surface area (Å²) in [5, 5.41) is 0. The van der Waals surface area contributed by atoms with Crippen LogP contribution in [0.25, 0.3) is 0 Å². The molecule has 0 aliphatic carbocycles. The van der Waals surface area contributed by atoms with E-state index in [2.05, 4.69) is 18.8 Å². The van der Waals surface area contributed by atoms with Gasteiger partial charge in [0.05, 0.1) is 0 Å². The van der Waals surface area contributed by atoms with Crippen molar-refractivity contribution in [1.82, 2.24) is 9.55 Å². The summed E-state index contributed by atoms with van der Waals surface area (Å²) < 4.78 is 1.50. The summed E-state index contributed by atoms with van der Waals surface area (Å²) in [5.74, 6) is 0.425. The predicted octanol–water partition coefficient (Wildman–Crippen LogP) is 0.904. The van der Waals surface area contributed by atoms with Crippen LogP contribution >= 0.6 is 0 Å². The predicted molar refractivity (Wildman–Crippen MR) is 43.6 cm³/mol. The highest BCUT2D eigenvalue weighted by Crippen LogP contribution is 2.09. The Morgan fingerprint density at radius 2 is 2.18 bits per heavy atom. The second-order valence-corrected chi connectivity index (χ2v) is 2.94. The van der Waals surface area contributed by atoms with Crippen molar-refractivity contribution < 1.29 is 0 Å². The molecule has 0 unspecified atom stereocenters. The molecule has 3 heteroatoms. The van der Waals surface area contributed by atoms with Crippen LogP contribution in [0.3, 0.4) is 0 Å². The van der Waals surface area contributed by atoms with Gasteiger partial charge in [0.25, 0.3) is 0 Å². The summed E-state index contributed by atoms with van der Waals surface area (Å²) in [6.07, 6.45) is 3.45. The molecule has 60 valence electrons. The molecule has 0 saturated carbocycles. The number of hydrogen-bond donors (Lipinski definition) is 0. The van der Waals surface area contributed by atoms with E-state index >= 15 is 0 Å². The van der Waals surface area contributed by atoms with Crippen LogP contribution in [0.4, 0.5) is 0 Å². The molecule has 0 aromatic carbocycles. The van der Waals surface area contributed by atoms with Crippen molar-refractivity contribution in [3.05, 3.63) is 28.4 Å². The van der Waals surface area contributed by atoms with E-state index in [4.69, 9.17) is 0 Å². The largest absolute Gasteiger partial charge is 0.347 e. The molecule has 0 atom stereocenters. The number of nitrogens with zero attached hydrogens (tertiary/aromatic N) is 2. The fourth-order valence-corrected chi connectivity index (χ4v) is 0.831. The van der Waals surface area contributed by atoms with Crippen LogP contribution < -0.4 is 5.69 Å². The maximum atomic E-state index is 10.8. The van der Waals surface area contributed by atoms with E-state index in [1.807, 2.05) is 6.20 Å². The molecule has 0 fully saturated rings. The Bertz CT molecular complexity index is 301. The van der Waals surface area contributed by atoms with E-state index in [1.54, 1.807) is 13.2 Å². The van der Waals surface area contributed by atoms with Gasteiger partial charge in [-0.15, -0.1) is 0 Å². The van der Waals surface area contributed by atoms with Crippen molar-refractivity contribution in [3.63, 3.8) is 0 Å². The topological polar surface area (TPSA) is 34.9 Å². The summed E-state index contributed by atoms with van der Waals surface area (Å²) in [7, 11) is 1.71. The van der Waals surface area contributed by atoms with Gasteiger partial charge in [-0.3, -0.25) is 0 Å². The molecule has 1 rings (SSSR count). The third-order valence-electron chi connectivity index (χ3n) is 1.64.